The SMILES string of the molecule is C=CCOc1ccc(Cl)cc1C(=O)C(Br)C(Br)c1ccccc1. The minimum atomic E-state index is -0.450. The van der Waals surface area contributed by atoms with Crippen molar-refractivity contribution in [2.45, 2.75) is 9.65 Å². The van der Waals surface area contributed by atoms with E-state index in [1.807, 2.05) is 30.3 Å². The molecule has 0 saturated heterocycles. The molecule has 120 valence electrons. The molecule has 0 aliphatic carbocycles. The zero-order valence-corrected chi connectivity index (χ0v) is 16.1. The Morgan fingerprint density at radius 3 is 2.57 bits per heavy atom. The van der Waals surface area contributed by atoms with Crippen molar-refractivity contribution in [1.29, 1.82) is 0 Å². The molecule has 0 aliphatic rings. The predicted octanol–water partition coefficient (Wildman–Crippen LogP) is 5.99. The van der Waals surface area contributed by atoms with Gasteiger partial charge >= 0.3 is 0 Å². The third-order valence-corrected chi connectivity index (χ3v) is 6.14. The molecular weight excluding hydrogens is 443 g/mol. The maximum absolute atomic E-state index is 12.9. The van der Waals surface area contributed by atoms with Crippen molar-refractivity contribution in [2.24, 2.45) is 0 Å². The highest BCUT2D eigenvalue weighted by molar-refractivity contribution is 9.12. The highest BCUT2D eigenvalue weighted by atomic mass is 79.9. The van der Waals surface area contributed by atoms with E-state index in [2.05, 4.69) is 38.4 Å². The molecule has 2 atom stereocenters. The van der Waals surface area contributed by atoms with E-state index < -0.39 is 4.83 Å². The number of benzene rings is 2. The Hall–Kier alpha value is -1.10. The van der Waals surface area contributed by atoms with E-state index in [0.717, 1.165) is 5.56 Å². The second kappa shape index (κ2) is 8.67. The molecule has 0 radical (unpaired) electrons. The molecule has 2 unspecified atom stereocenters. The summed E-state index contributed by atoms with van der Waals surface area (Å²) < 4.78 is 5.56. The van der Waals surface area contributed by atoms with E-state index in [1.165, 1.54) is 0 Å². The minimum absolute atomic E-state index is 0.0997. The Bertz CT molecular complexity index is 689. The lowest BCUT2D eigenvalue weighted by Crippen LogP contribution is -2.20. The Kier molecular flexibility index (Phi) is 6.88. The van der Waals surface area contributed by atoms with Crippen LogP contribution in [-0.2, 0) is 0 Å². The van der Waals surface area contributed by atoms with Gasteiger partial charge in [0.05, 0.1) is 15.2 Å². The van der Waals surface area contributed by atoms with Gasteiger partial charge in [0.25, 0.3) is 0 Å². The maximum atomic E-state index is 12.9. The van der Waals surface area contributed by atoms with Gasteiger partial charge < -0.3 is 4.74 Å². The van der Waals surface area contributed by atoms with Crippen LogP contribution in [-0.4, -0.2) is 17.2 Å². The lowest BCUT2D eigenvalue weighted by atomic mass is 10.0. The average molecular weight is 459 g/mol. The number of alkyl halides is 2. The zero-order chi connectivity index (χ0) is 16.8. The Morgan fingerprint density at radius 2 is 1.91 bits per heavy atom. The van der Waals surface area contributed by atoms with Crippen molar-refractivity contribution in [3.63, 3.8) is 0 Å². The predicted molar refractivity (Wildman–Crippen MR) is 102 cm³/mol. The van der Waals surface area contributed by atoms with Crippen molar-refractivity contribution in [2.75, 3.05) is 6.61 Å². The van der Waals surface area contributed by atoms with Gasteiger partial charge in [-0.2, -0.15) is 0 Å². The average Bonchev–Trinajstić information content (AvgIpc) is 2.59. The number of ether oxygens (including phenoxy) is 1. The van der Waals surface area contributed by atoms with Crippen molar-refractivity contribution in [3.8, 4) is 5.75 Å². The standard InChI is InChI=1S/C18H15Br2ClO2/c1-2-10-23-15-9-8-13(21)11-14(15)18(22)17(20)16(19)12-6-4-3-5-7-12/h2-9,11,16-17H,1,10H2. The molecular formula is C18H15Br2ClO2. The van der Waals surface area contributed by atoms with E-state index in [9.17, 15) is 4.79 Å². The smallest absolute Gasteiger partial charge is 0.181 e. The van der Waals surface area contributed by atoms with E-state index in [0.29, 0.717) is 22.9 Å². The van der Waals surface area contributed by atoms with Crippen LogP contribution in [0.5, 0.6) is 5.75 Å². The first-order chi connectivity index (χ1) is 11.0. The van der Waals surface area contributed by atoms with Crippen molar-refractivity contribution < 1.29 is 9.53 Å². The third kappa shape index (κ3) is 4.69. The number of carbonyl (C=O) groups is 1. The van der Waals surface area contributed by atoms with Gasteiger partial charge in [0.1, 0.15) is 12.4 Å². The monoisotopic (exact) mass is 456 g/mol. The number of halogens is 3. The van der Waals surface area contributed by atoms with Gasteiger partial charge in [0, 0.05) is 5.02 Å². The fourth-order valence-corrected chi connectivity index (χ4v) is 3.33. The van der Waals surface area contributed by atoms with Crippen molar-refractivity contribution in [1.82, 2.24) is 0 Å². The number of hydrogen-bond donors (Lipinski definition) is 0. The van der Waals surface area contributed by atoms with Crippen molar-refractivity contribution in [3.05, 3.63) is 77.3 Å². The molecule has 0 aromatic heterocycles. The summed E-state index contributed by atoms with van der Waals surface area (Å²) in [6.45, 7) is 3.94. The van der Waals surface area contributed by atoms with Gasteiger partial charge in [-0.05, 0) is 23.8 Å². The molecule has 2 aromatic carbocycles. The van der Waals surface area contributed by atoms with E-state index in [-0.39, 0.29) is 10.6 Å². The molecule has 0 spiro atoms. The van der Waals surface area contributed by atoms with Gasteiger partial charge in [0.2, 0.25) is 0 Å². The summed E-state index contributed by atoms with van der Waals surface area (Å²) in [7, 11) is 0. The molecule has 0 aliphatic heterocycles. The summed E-state index contributed by atoms with van der Waals surface area (Å²) in [5.41, 5.74) is 1.46. The topological polar surface area (TPSA) is 26.3 Å². The van der Waals surface area contributed by atoms with Crippen LogP contribution < -0.4 is 4.74 Å². The fourth-order valence-electron chi connectivity index (χ4n) is 2.06. The zero-order valence-electron chi connectivity index (χ0n) is 12.2. The molecule has 0 saturated carbocycles. The quantitative estimate of drug-likeness (QED) is 0.290. The molecule has 2 aromatic rings. The van der Waals surface area contributed by atoms with Crippen LogP contribution in [0, 0.1) is 0 Å². The minimum Gasteiger partial charge on any atom is -0.489 e. The van der Waals surface area contributed by atoms with Crippen LogP contribution in [0.1, 0.15) is 20.7 Å². The van der Waals surface area contributed by atoms with Gasteiger partial charge in [-0.25, -0.2) is 0 Å². The second-order valence-electron chi connectivity index (χ2n) is 4.82. The number of Topliss-reactive ketones (excluding diaryl/α,β-unsaturated/α-hetero) is 1. The Labute approximate surface area is 157 Å². The summed E-state index contributed by atoms with van der Waals surface area (Å²) >= 11 is 13.1. The Morgan fingerprint density at radius 1 is 1.22 bits per heavy atom. The Balaban J connectivity index is 2.28. The maximum Gasteiger partial charge on any atom is 0.181 e. The first-order valence-corrected chi connectivity index (χ1v) is 9.16. The summed E-state index contributed by atoms with van der Waals surface area (Å²) in [5.74, 6) is 0.397. The molecule has 2 rings (SSSR count). The molecule has 0 bridgehead atoms. The van der Waals surface area contributed by atoms with Crippen LogP contribution in [0.25, 0.3) is 0 Å². The fraction of sp³-hybridized carbons (Fsp3) is 0.167. The first-order valence-electron chi connectivity index (χ1n) is 6.95. The number of hydrogen-bond acceptors (Lipinski definition) is 2. The number of carbonyl (C=O) groups excluding carboxylic acids is 1. The molecule has 0 heterocycles. The van der Waals surface area contributed by atoms with Crippen LogP contribution in [0.4, 0.5) is 0 Å². The summed E-state index contributed by atoms with van der Waals surface area (Å²) in [5, 5.41) is 0.491. The lowest BCUT2D eigenvalue weighted by Gasteiger charge is -2.18. The number of ketones is 1. The van der Waals surface area contributed by atoms with Gasteiger partial charge in [0.15, 0.2) is 5.78 Å². The first kappa shape index (κ1) is 18.2. The van der Waals surface area contributed by atoms with Gasteiger partial charge in [-0.15, -0.1) is 0 Å². The van der Waals surface area contributed by atoms with Gasteiger partial charge in [-0.3, -0.25) is 4.79 Å². The van der Waals surface area contributed by atoms with Crippen LogP contribution in [0.2, 0.25) is 5.02 Å². The van der Waals surface area contributed by atoms with Crippen LogP contribution in [0.15, 0.2) is 61.2 Å². The largest absolute Gasteiger partial charge is 0.489 e. The van der Waals surface area contributed by atoms with Crippen molar-refractivity contribution >= 4 is 49.2 Å². The van der Waals surface area contributed by atoms with E-state index >= 15 is 0 Å². The molecule has 0 fully saturated rings. The van der Waals surface area contributed by atoms with Crippen LogP contribution >= 0.6 is 43.5 Å². The second-order valence-corrected chi connectivity index (χ2v) is 7.23. The molecule has 0 N–H and O–H groups in total. The summed E-state index contributed by atoms with van der Waals surface area (Å²) in [4.78, 5) is 12.2. The highest BCUT2D eigenvalue weighted by Gasteiger charge is 2.28. The van der Waals surface area contributed by atoms with E-state index in [4.69, 9.17) is 16.3 Å². The lowest BCUT2D eigenvalue weighted by molar-refractivity contribution is 0.0987. The number of rotatable bonds is 7. The third-order valence-electron chi connectivity index (χ3n) is 3.19. The van der Waals surface area contributed by atoms with Crippen LogP contribution in [0.3, 0.4) is 0 Å². The molecule has 5 heteroatoms. The molecule has 0 amide bonds. The highest BCUT2D eigenvalue weighted by Crippen LogP contribution is 2.35. The normalized spacial score (nSPS) is 13.2. The van der Waals surface area contributed by atoms with E-state index in [1.54, 1.807) is 24.3 Å². The molecule has 23 heavy (non-hydrogen) atoms. The van der Waals surface area contributed by atoms with Gasteiger partial charge in [-0.1, -0.05) is 86.4 Å². The summed E-state index contributed by atoms with van der Waals surface area (Å²) in [6.07, 6.45) is 1.63. The summed E-state index contributed by atoms with van der Waals surface area (Å²) in [6, 6.07) is 14.8. The molecule has 2 nitrogen and oxygen atoms in total.